The topological polar surface area (TPSA) is 80.1 Å². The summed E-state index contributed by atoms with van der Waals surface area (Å²) in [6, 6.07) is 15.6. The Morgan fingerprint density at radius 3 is 2.30 bits per heavy atom. The Morgan fingerprint density at radius 2 is 1.62 bits per heavy atom. The molecule has 3 aliphatic carbocycles. The third kappa shape index (κ3) is 8.03. The van der Waals surface area contributed by atoms with Gasteiger partial charge in [-0.2, -0.15) is 5.10 Å². The number of carbonyl (C=O) groups excluding carboxylic acids is 2. The summed E-state index contributed by atoms with van der Waals surface area (Å²) < 4.78 is 13.5. The van der Waals surface area contributed by atoms with Crippen LogP contribution in [0.2, 0.25) is 0 Å². The molecule has 3 saturated carbocycles. The minimum absolute atomic E-state index is 0.0710. The molecule has 50 heavy (non-hydrogen) atoms. The number of hydrogen-bond donors (Lipinski definition) is 0. The second kappa shape index (κ2) is 15.2. The van der Waals surface area contributed by atoms with Gasteiger partial charge in [0.1, 0.15) is 11.9 Å². The lowest BCUT2D eigenvalue weighted by Crippen LogP contribution is -2.53. The first kappa shape index (κ1) is 34.6. The molecule has 1 aromatic heterocycles. The number of aryl methyl sites for hydroxylation is 1. The molecule has 2 heterocycles. The molecule has 9 heteroatoms. The van der Waals surface area contributed by atoms with E-state index < -0.39 is 0 Å². The predicted molar refractivity (Wildman–Crippen MR) is 197 cm³/mol. The molecule has 268 valence electrons. The number of ether oxygens (including phenoxy) is 2. The maximum Gasteiger partial charge on any atom is 0.410 e. The van der Waals surface area contributed by atoms with Gasteiger partial charge in [0.2, 0.25) is 5.91 Å². The molecule has 0 N–H and O–H groups in total. The van der Waals surface area contributed by atoms with E-state index in [-0.39, 0.29) is 24.0 Å². The van der Waals surface area contributed by atoms with E-state index in [9.17, 15) is 9.59 Å². The number of carbonyl (C=O) groups is 2. The molecule has 2 amide bonds. The van der Waals surface area contributed by atoms with Crippen LogP contribution < -0.4 is 9.64 Å². The fourth-order valence-corrected chi connectivity index (χ4v) is 8.51. The highest BCUT2D eigenvalue weighted by molar-refractivity contribution is 5.95. The summed E-state index contributed by atoms with van der Waals surface area (Å²) in [5.41, 5.74) is 5.75. The lowest BCUT2D eigenvalue weighted by Gasteiger charge is -2.41. The van der Waals surface area contributed by atoms with Crippen LogP contribution in [-0.4, -0.2) is 85.1 Å². The molecule has 0 atom stereocenters. The van der Waals surface area contributed by atoms with Crippen LogP contribution in [0.25, 0.3) is 11.1 Å². The summed E-state index contributed by atoms with van der Waals surface area (Å²) in [6.45, 7) is 5.37. The van der Waals surface area contributed by atoms with Gasteiger partial charge in [0, 0.05) is 55.5 Å². The molecular weight excluding hydrogens is 626 g/mol. The quantitative estimate of drug-likeness (QED) is 0.207. The van der Waals surface area contributed by atoms with E-state index in [4.69, 9.17) is 9.47 Å². The number of rotatable bonds is 11. The number of likely N-dealkylation sites (tertiary alicyclic amines) is 1. The maximum absolute atomic E-state index is 14.5. The molecule has 0 unspecified atom stereocenters. The minimum atomic E-state index is -0.196. The number of amides is 2. The van der Waals surface area contributed by atoms with Crippen molar-refractivity contribution in [1.29, 1.82) is 0 Å². The molecule has 0 bridgehead atoms. The summed E-state index contributed by atoms with van der Waals surface area (Å²) >= 11 is 0. The van der Waals surface area contributed by atoms with Gasteiger partial charge in [0.05, 0.1) is 19.3 Å². The molecule has 3 aromatic rings. The fraction of sp³-hybridized carbons (Fsp3) is 0.585. The highest BCUT2D eigenvalue weighted by Crippen LogP contribution is 2.40. The van der Waals surface area contributed by atoms with Crippen LogP contribution in [0.15, 0.2) is 54.9 Å². The highest BCUT2D eigenvalue weighted by Gasteiger charge is 2.37. The third-order valence-corrected chi connectivity index (χ3v) is 11.6. The van der Waals surface area contributed by atoms with E-state index in [1.807, 2.05) is 11.1 Å². The van der Waals surface area contributed by atoms with Gasteiger partial charge in [0.25, 0.3) is 0 Å². The minimum Gasteiger partial charge on any atom is -0.496 e. The van der Waals surface area contributed by atoms with Gasteiger partial charge >= 0.3 is 6.09 Å². The smallest absolute Gasteiger partial charge is 0.410 e. The highest BCUT2D eigenvalue weighted by atomic mass is 16.6. The molecule has 2 aromatic carbocycles. The van der Waals surface area contributed by atoms with Crippen molar-refractivity contribution in [3.8, 4) is 16.9 Å². The van der Waals surface area contributed by atoms with Crippen molar-refractivity contribution in [1.82, 2.24) is 19.6 Å². The molecule has 1 aliphatic heterocycles. The summed E-state index contributed by atoms with van der Waals surface area (Å²) in [5.74, 6) is 2.59. The van der Waals surface area contributed by atoms with Crippen LogP contribution in [0.4, 0.5) is 10.5 Å². The van der Waals surface area contributed by atoms with Crippen LogP contribution in [0.5, 0.6) is 5.75 Å². The Kier molecular flexibility index (Phi) is 10.5. The third-order valence-electron chi connectivity index (χ3n) is 11.6. The zero-order valence-corrected chi connectivity index (χ0v) is 30.4. The summed E-state index contributed by atoms with van der Waals surface area (Å²) in [5, 5.41) is 4.63. The number of anilines is 1. The van der Waals surface area contributed by atoms with Gasteiger partial charge in [0.15, 0.2) is 0 Å². The largest absolute Gasteiger partial charge is 0.496 e. The molecular formula is C41H55N5O4. The van der Waals surface area contributed by atoms with Crippen LogP contribution in [0.1, 0.15) is 87.3 Å². The van der Waals surface area contributed by atoms with Crippen molar-refractivity contribution in [2.45, 2.75) is 89.2 Å². The zero-order chi connectivity index (χ0) is 34.8. The first-order chi connectivity index (χ1) is 24.2. The first-order valence-electron chi connectivity index (χ1n) is 18.9. The summed E-state index contributed by atoms with van der Waals surface area (Å²) in [6.07, 6.45) is 13.6. The maximum atomic E-state index is 14.5. The van der Waals surface area contributed by atoms with Crippen LogP contribution >= 0.6 is 0 Å². The Bertz CT molecular complexity index is 1630. The summed E-state index contributed by atoms with van der Waals surface area (Å²) in [7, 11) is 5.86. The number of hydrogen-bond acceptors (Lipinski definition) is 6. The Hall–Kier alpha value is -3.85. The SMILES string of the molecule is COc1ccc([C@H]2CC[C@H](CN(c3cccc(-c4cnn(C5CC5)c4)c3)C(=O)[C@H]3CC[C@H](OC(=O)N4CC(CN(C)C)C4)CC3)CC2)cc1C. The van der Waals surface area contributed by atoms with Crippen molar-refractivity contribution in [3.63, 3.8) is 0 Å². The average Bonchev–Trinajstić information content (AvgIpc) is 3.84. The van der Waals surface area contributed by atoms with Gasteiger partial charge in [-0.15, -0.1) is 0 Å². The lowest BCUT2D eigenvalue weighted by atomic mass is 9.78. The van der Waals surface area contributed by atoms with E-state index in [2.05, 4.69) is 89.3 Å². The van der Waals surface area contributed by atoms with Crippen molar-refractivity contribution in [2.75, 3.05) is 52.3 Å². The lowest BCUT2D eigenvalue weighted by molar-refractivity contribution is -0.124. The normalized spacial score (nSPS) is 24.1. The van der Waals surface area contributed by atoms with Crippen molar-refractivity contribution >= 4 is 17.7 Å². The molecule has 4 fully saturated rings. The van der Waals surface area contributed by atoms with E-state index in [1.54, 1.807) is 7.11 Å². The predicted octanol–water partition coefficient (Wildman–Crippen LogP) is 7.70. The van der Waals surface area contributed by atoms with Gasteiger partial charge < -0.3 is 24.2 Å². The van der Waals surface area contributed by atoms with Gasteiger partial charge in [-0.25, -0.2) is 4.79 Å². The molecule has 0 radical (unpaired) electrons. The number of aromatic nitrogens is 2. The van der Waals surface area contributed by atoms with Gasteiger partial charge in [-0.1, -0.05) is 24.3 Å². The second-order valence-corrected chi connectivity index (χ2v) is 15.8. The van der Waals surface area contributed by atoms with E-state index >= 15 is 0 Å². The van der Waals surface area contributed by atoms with Crippen molar-refractivity contribution in [2.24, 2.45) is 17.8 Å². The molecule has 9 nitrogen and oxygen atoms in total. The monoisotopic (exact) mass is 681 g/mol. The van der Waals surface area contributed by atoms with E-state index in [0.29, 0.717) is 23.8 Å². The van der Waals surface area contributed by atoms with Crippen molar-refractivity contribution < 1.29 is 19.1 Å². The Balaban J connectivity index is 1.01. The van der Waals surface area contributed by atoms with Gasteiger partial charge in [-0.3, -0.25) is 9.48 Å². The first-order valence-corrected chi connectivity index (χ1v) is 18.9. The Labute approximate surface area is 297 Å². The average molecular weight is 682 g/mol. The molecule has 7 rings (SSSR count). The summed E-state index contributed by atoms with van der Waals surface area (Å²) in [4.78, 5) is 33.4. The van der Waals surface area contributed by atoms with Crippen LogP contribution in [0, 0.1) is 24.7 Å². The Morgan fingerprint density at radius 1 is 0.860 bits per heavy atom. The van der Waals surface area contributed by atoms with E-state index in [1.165, 1.54) is 24.0 Å². The molecule has 4 aliphatic rings. The number of methoxy groups -OCH3 is 1. The fourth-order valence-electron chi connectivity index (χ4n) is 8.51. The van der Waals surface area contributed by atoms with Crippen LogP contribution in [0.3, 0.4) is 0 Å². The second-order valence-electron chi connectivity index (χ2n) is 15.8. The van der Waals surface area contributed by atoms with Crippen molar-refractivity contribution in [3.05, 3.63) is 66.0 Å². The number of nitrogens with zero attached hydrogens (tertiary/aromatic N) is 5. The van der Waals surface area contributed by atoms with Crippen LogP contribution in [-0.2, 0) is 9.53 Å². The standard InChI is InChI=1S/C41H55N5O4/c1-28-20-34(14-19-39(28)49-4)31-10-8-29(9-11-31)26-45(37-7-5-6-33(21-37)35-22-42-46(27-35)36-15-16-36)40(47)32-12-17-38(18-13-32)50-41(48)44-24-30(25-44)23-43(2)3/h5-7,14,19-22,27,29-32,36,38H,8-13,15-18,23-26H2,1-4H3/t29-,31-,32-,38-. The molecule has 1 saturated heterocycles. The van der Waals surface area contributed by atoms with Gasteiger partial charge in [-0.05, 0) is 132 Å². The number of benzene rings is 2. The molecule has 0 spiro atoms. The zero-order valence-electron chi connectivity index (χ0n) is 30.4. The van der Waals surface area contributed by atoms with E-state index in [0.717, 1.165) is 100 Å².